The lowest BCUT2D eigenvalue weighted by Gasteiger charge is -2.20. The summed E-state index contributed by atoms with van der Waals surface area (Å²) in [6, 6.07) is 5.95. The van der Waals surface area contributed by atoms with Crippen LogP contribution in [0.4, 0.5) is 5.69 Å². The number of aryl methyl sites for hydroxylation is 1. The van der Waals surface area contributed by atoms with Crippen LogP contribution in [0.25, 0.3) is 0 Å². The Morgan fingerprint density at radius 1 is 1.53 bits per heavy atom. The second-order valence-corrected chi connectivity index (χ2v) is 5.16. The number of likely N-dealkylation sites (N-methyl/N-ethyl adjacent to an activating group) is 1. The van der Waals surface area contributed by atoms with Gasteiger partial charge in [-0.25, -0.2) is 0 Å². The SMILES string of the molecule is Cc1cc(NN)ccc1C(=O)NCC1CCCN1C. The van der Waals surface area contributed by atoms with E-state index in [-0.39, 0.29) is 5.91 Å². The van der Waals surface area contributed by atoms with Gasteiger partial charge in [0.05, 0.1) is 0 Å². The Balaban J connectivity index is 1.96. The van der Waals surface area contributed by atoms with Crippen LogP contribution in [0.5, 0.6) is 0 Å². The molecule has 5 heteroatoms. The minimum Gasteiger partial charge on any atom is -0.350 e. The molecule has 19 heavy (non-hydrogen) atoms. The van der Waals surface area contributed by atoms with Crippen molar-refractivity contribution in [2.24, 2.45) is 5.84 Å². The third kappa shape index (κ3) is 3.24. The smallest absolute Gasteiger partial charge is 0.251 e. The number of nitrogen functional groups attached to an aromatic ring is 1. The summed E-state index contributed by atoms with van der Waals surface area (Å²) >= 11 is 0. The number of benzene rings is 1. The summed E-state index contributed by atoms with van der Waals surface area (Å²) in [6.07, 6.45) is 2.37. The van der Waals surface area contributed by atoms with Crippen LogP contribution in [-0.2, 0) is 0 Å². The number of anilines is 1. The highest BCUT2D eigenvalue weighted by atomic mass is 16.1. The Morgan fingerprint density at radius 2 is 2.32 bits per heavy atom. The maximum atomic E-state index is 12.1. The van der Waals surface area contributed by atoms with Crippen molar-refractivity contribution in [3.63, 3.8) is 0 Å². The lowest BCUT2D eigenvalue weighted by molar-refractivity contribution is 0.0943. The van der Waals surface area contributed by atoms with Gasteiger partial charge in [0.25, 0.3) is 5.91 Å². The van der Waals surface area contributed by atoms with Crippen LogP contribution in [0.1, 0.15) is 28.8 Å². The Labute approximate surface area is 114 Å². The summed E-state index contributed by atoms with van der Waals surface area (Å²) in [5.74, 6) is 5.33. The summed E-state index contributed by atoms with van der Waals surface area (Å²) in [7, 11) is 2.11. The van der Waals surface area contributed by atoms with E-state index in [9.17, 15) is 4.79 Å². The number of carbonyl (C=O) groups excluding carboxylic acids is 1. The molecule has 0 spiro atoms. The van der Waals surface area contributed by atoms with Gasteiger partial charge in [0.15, 0.2) is 0 Å². The van der Waals surface area contributed by atoms with Gasteiger partial charge in [0.1, 0.15) is 0 Å². The van der Waals surface area contributed by atoms with Gasteiger partial charge in [-0.05, 0) is 57.1 Å². The molecular weight excluding hydrogens is 240 g/mol. The topological polar surface area (TPSA) is 70.4 Å². The van der Waals surface area contributed by atoms with E-state index in [4.69, 9.17) is 5.84 Å². The molecule has 1 fully saturated rings. The van der Waals surface area contributed by atoms with Crippen LogP contribution in [0, 0.1) is 6.92 Å². The predicted molar refractivity (Wildman–Crippen MR) is 77.0 cm³/mol. The summed E-state index contributed by atoms with van der Waals surface area (Å²) in [4.78, 5) is 14.4. The molecule has 2 rings (SSSR count). The average molecular weight is 262 g/mol. The first-order chi connectivity index (χ1) is 9.11. The van der Waals surface area contributed by atoms with E-state index in [1.807, 2.05) is 19.1 Å². The molecular formula is C14H22N4O. The largest absolute Gasteiger partial charge is 0.350 e. The molecule has 1 atom stereocenters. The van der Waals surface area contributed by atoms with E-state index >= 15 is 0 Å². The Morgan fingerprint density at radius 3 is 2.89 bits per heavy atom. The van der Waals surface area contributed by atoms with Gasteiger partial charge in [-0.3, -0.25) is 10.6 Å². The summed E-state index contributed by atoms with van der Waals surface area (Å²) in [6.45, 7) is 3.75. The number of nitrogens with one attached hydrogen (secondary N) is 2. The first-order valence-corrected chi connectivity index (χ1v) is 6.67. The number of amides is 1. The minimum absolute atomic E-state index is 0.0126. The number of hydrogen-bond acceptors (Lipinski definition) is 4. The maximum Gasteiger partial charge on any atom is 0.251 e. The van der Waals surface area contributed by atoms with Gasteiger partial charge < -0.3 is 15.6 Å². The molecule has 1 aliphatic heterocycles. The average Bonchev–Trinajstić information content (AvgIpc) is 2.81. The zero-order chi connectivity index (χ0) is 13.8. The zero-order valence-corrected chi connectivity index (χ0v) is 11.6. The molecule has 0 aliphatic carbocycles. The van der Waals surface area contributed by atoms with Crippen molar-refractivity contribution in [2.75, 3.05) is 25.6 Å². The molecule has 0 saturated carbocycles. The Bertz CT molecular complexity index is 461. The van der Waals surface area contributed by atoms with Crippen molar-refractivity contribution in [2.45, 2.75) is 25.8 Å². The highest BCUT2D eigenvalue weighted by Crippen LogP contribution is 2.16. The fourth-order valence-electron chi connectivity index (χ4n) is 2.55. The van der Waals surface area contributed by atoms with Crippen molar-refractivity contribution >= 4 is 11.6 Å². The first kappa shape index (κ1) is 13.8. The molecule has 5 nitrogen and oxygen atoms in total. The van der Waals surface area contributed by atoms with Gasteiger partial charge in [-0.15, -0.1) is 0 Å². The molecule has 4 N–H and O–H groups in total. The van der Waals surface area contributed by atoms with Crippen molar-refractivity contribution < 1.29 is 4.79 Å². The molecule has 0 aromatic heterocycles. The molecule has 104 valence electrons. The van der Waals surface area contributed by atoms with Gasteiger partial charge in [0.2, 0.25) is 0 Å². The van der Waals surface area contributed by atoms with Crippen LogP contribution in [0.3, 0.4) is 0 Å². The monoisotopic (exact) mass is 262 g/mol. The standard InChI is InChI=1S/C14H22N4O/c1-10-8-11(17-15)5-6-13(10)14(19)16-9-12-4-3-7-18(12)2/h5-6,8,12,17H,3-4,7,9,15H2,1-2H3,(H,16,19). The molecule has 1 aromatic rings. The quantitative estimate of drug-likeness (QED) is 0.561. The Kier molecular flexibility index (Phi) is 4.39. The van der Waals surface area contributed by atoms with Crippen LogP contribution >= 0.6 is 0 Å². The van der Waals surface area contributed by atoms with E-state index < -0.39 is 0 Å². The van der Waals surface area contributed by atoms with Crippen molar-refractivity contribution in [3.05, 3.63) is 29.3 Å². The summed E-state index contributed by atoms with van der Waals surface area (Å²) in [5, 5.41) is 3.02. The van der Waals surface area contributed by atoms with E-state index in [2.05, 4.69) is 22.7 Å². The number of rotatable bonds is 4. The van der Waals surface area contributed by atoms with E-state index in [1.54, 1.807) is 6.07 Å². The van der Waals surface area contributed by atoms with Gasteiger partial charge in [-0.1, -0.05) is 0 Å². The highest BCUT2D eigenvalue weighted by Gasteiger charge is 2.21. The molecule has 1 saturated heterocycles. The number of nitrogens with two attached hydrogens (primary N) is 1. The third-order valence-electron chi connectivity index (χ3n) is 3.81. The van der Waals surface area contributed by atoms with E-state index in [0.717, 1.165) is 24.2 Å². The highest BCUT2D eigenvalue weighted by molar-refractivity contribution is 5.96. The van der Waals surface area contributed by atoms with Crippen LogP contribution in [0.15, 0.2) is 18.2 Å². The lowest BCUT2D eigenvalue weighted by Crippen LogP contribution is -2.38. The Hall–Kier alpha value is -1.59. The fraction of sp³-hybridized carbons (Fsp3) is 0.500. The lowest BCUT2D eigenvalue weighted by atomic mass is 10.1. The number of hydrazine groups is 1. The molecule has 1 aliphatic rings. The second-order valence-electron chi connectivity index (χ2n) is 5.16. The van der Waals surface area contributed by atoms with E-state index in [1.165, 1.54) is 6.42 Å². The molecule has 0 radical (unpaired) electrons. The zero-order valence-electron chi connectivity index (χ0n) is 11.6. The van der Waals surface area contributed by atoms with Crippen molar-refractivity contribution in [3.8, 4) is 0 Å². The normalized spacial score (nSPS) is 19.4. The van der Waals surface area contributed by atoms with Crippen LogP contribution in [-0.4, -0.2) is 37.0 Å². The summed E-state index contributed by atoms with van der Waals surface area (Å²) in [5.41, 5.74) is 5.02. The minimum atomic E-state index is -0.0126. The molecule has 1 heterocycles. The van der Waals surface area contributed by atoms with Crippen molar-refractivity contribution in [1.82, 2.24) is 10.2 Å². The molecule has 1 unspecified atom stereocenters. The van der Waals surface area contributed by atoms with E-state index in [0.29, 0.717) is 18.2 Å². The van der Waals surface area contributed by atoms with Gasteiger partial charge >= 0.3 is 0 Å². The fourth-order valence-corrected chi connectivity index (χ4v) is 2.55. The number of nitrogens with zero attached hydrogens (tertiary/aromatic N) is 1. The van der Waals surface area contributed by atoms with Crippen LogP contribution in [0.2, 0.25) is 0 Å². The molecule has 1 aromatic carbocycles. The van der Waals surface area contributed by atoms with Crippen LogP contribution < -0.4 is 16.6 Å². The molecule has 0 bridgehead atoms. The van der Waals surface area contributed by atoms with Crippen molar-refractivity contribution in [1.29, 1.82) is 0 Å². The number of carbonyl (C=O) groups is 1. The predicted octanol–water partition coefficient (Wildman–Crippen LogP) is 1.10. The second kappa shape index (κ2) is 6.04. The van der Waals surface area contributed by atoms with Gasteiger partial charge in [0, 0.05) is 23.8 Å². The number of likely N-dealkylation sites (tertiary alicyclic amines) is 1. The van der Waals surface area contributed by atoms with Gasteiger partial charge in [-0.2, -0.15) is 0 Å². The first-order valence-electron chi connectivity index (χ1n) is 6.67. The third-order valence-corrected chi connectivity index (χ3v) is 3.81. The molecule has 1 amide bonds. The maximum absolute atomic E-state index is 12.1. The number of hydrogen-bond donors (Lipinski definition) is 3. The summed E-state index contributed by atoms with van der Waals surface area (Å²) < 4.78 is 0.